The predicted octanol–water partition coefficient (Wildman–Crippen LogP) is 4.35. The van der Waals surface area contributed by atoms with Gasteiger partial charge in [-0.05, 0) is 59.9 Å². The largest absolute Gasteiger partial charge is 0.306 e. The van der Waals surface area contributed by atoms with Gasteiger partial charge in [-0.25, -0.2) is 4.39 Å². The lowest BCUT2D eigenvalue weighted by atomic mass is 10.1. The summed E-state index contributed by atoms with van der Waals surface area (Å²) in [6, 6.07) is 5.59. The van der Waals surface area contributed by atoms with Gasteiger partial charge >= 0.3 is 0 Å². The van der Waals surface area contributed by atoms with Crippen LogP contribution in [0.25, 0.3) is 0 Å². The first-order chi connectivity index (χ1) is 8.58. The fourth-order valence-electron chi connectivity index (χ4n) is 1.83. The maximum absolute atomic E-state index is 13.5. The van der Waals surface area contributed by atoms with Crippen LogP contribution in [0, 0.1) is 19.7 Å². The molecule has 0 fully saturated rings. The summed E-state index contributed by atoms with van der Waals surface area (Å²) in [5.41, 5.74) is 4.32. The van der Waals surface area contributed by atoms with Crippen LogP contribution in [0.15, 0.2) is 29.0 Å². The van der Waals surface area contributed by atoms with Crippen LogP contribution in [0.1, 0.15) is 35.2 Å². The first-order valence-electron chi connectivity index (χ1n) is 6.09. The molecule has 96 valence electrons. The summed E-state index contributed by atoms with van der Waals surface area (Å²) in [4.78, 5) is 0. The zero-order valence-corrected chi connectivity index (χ0v) is 11.8. The topological polar surface area (TPSA) is 12.0 Å². The number of rotatable bonds is 4. The highest BCUT2D eigenvalue weighted by Crippen LogP contribution is 2.18. The van der Waals surface area contributed by atoms with Gasteiger partial charge in [-0.1, -0.05) is 12.1 Å². The van der Waals surface area contributed by atoms with Gasteiger partial charge in [0.25, 0.3) is 0 Å². The molecule has 1 aromatic carbocycles. The van der Waals surface area contributed by atoms with Gasteiger partial charge in [0, 0.05) is 12.6 Å². The van der Waals surface area contributed by atoms with Crippen molar-refractivity contribution >= 4 is 11.3 Å². The second kappa shape index (κ2) is 5.63. The fraction of sp³-hybridized carbons (Fsp3) is 0.333. The van der Waals surface area contributed by atoms with E-state index in [0.29, 0.717) is 5.56 Å². The molecule has 0 amide bonds. The smallest absolute Gasteiger partial charge is 0.126 e. The Bertz CT molecular complexity index is 533. The van der Waals surface area contributed by atoms with E-state index >= 15 is 0 Å². The van der Waals surface area contributed by atoms with Crippen molar-refractivity contribution in [3.63, 3.8) is 0 Å². The van der Waals surface area contributed by atoms with Crippen LogP contribution in [0.3, 0.4) is 0 Å². The van der Waals surface area contributed by atoms with Crippen molar-refractivity contribution in [3.8, 4) is 0 Å². The van der Waals surface area contributed by atoms with Crippen LogP contribution in [0.5, 0.6) is 0 Å². The minimum Gasteiger partial charge on any atom is -0.306 e. The van der Waals surface area contributed by atoms with E-state index in [0.717, 1.165) is 12.1 Å². The molecule has 0 saturated heterocycles. The molecule has 2 aromatic rings. The second-order valence-electron chi connectivity index (χ2n) is 4.69. The van der Waals surface area contributed by atoms with Crippen molar-refractivity contribution in [2.75, 3.05) is 0 Å². The number of aryl methyl sites for hydroxylation is 2. The number of thiophene rings is 1. The monoisotopic (exact) mass is 263 g/mol. The molecular formula is C15H18FNS. The molecule has 0 aliphatic carbocycles. The van der Waals surface area contributed by atoms with Gasteiger partial charge < -0.3 is 5.32 Å². The van der Waals surface area contributed by atoms with Crippen molar-refractivity contribution in [2.45, 2.75) is 33.4 Å². The standard InChI is InChI=1S/C15H18FNS/c1-10-4-5-13(6-15(10)16)12(3)17-7-14-9-18-8-11(14)2/h4-6,8-9,12,17H,7H2,1-3H3. The van der Waals surface area contributed by atoms with Crippen molar-refractivity contribution in [1.29, 1.82) is 0 Å². The summed E-state index contributed by atoms with van der Waals surface area (Å²) >= 11 is 1.72. The van der Waals surface area contributed by atoms with E-state index in [1.165, 1.54) is 11.1 Å². The van der Waals surface area contributed by atoms with Gasteiger partial charge in [0.15, 0.2) is 0 Å². The van der Waals surface area contributed by atoms with E-state index < -0.39 is 0 Å². The Balaban J connectivity index is 2.01. The van der Waals surface area contributed by atoms with Gasteiger partial charge in [0.05, 0.1) is 0 Å². The van der Waals surface area contributed by atoms with E-state index in [9.17, 15) is 4.39 Å². The minimum absolute atomic E-state index is 0.132. The maximum atomic E-state index is 13.5. The van der Waals surface area contributed by atoms with Crippen LogP contribution in [0.4, 0.5) is 4.39 Å². The normalized spacial score (nSPS) is 12.7. The Morgan fingerprint density at radius 3 is 2.61 bits per heavy atom. The highest BCUT2D eigenvalue weighted by Gasteiger charge is 2.08. The molecule has 1 heterocycles. The Kier molecular flexibility index (Phi) is 4.15. The van der Waals surface area contributed by atoms with Crippen LogP contribution in [0.2, 0.25) is 0 Å². The minimum atomic E-state index is -0.132. The molecule has 1 nitrogen and oxygen atoms in total. The summed E-state index contributed by atoms with van der Waals surface area (Å²) in [5.74, 6) is -0.132. The molecule has 1 atom stereocenters. The second-order valence-corrected chi connectivity index (χ2v) is 5.43. The number of hydrogen-bond donors (Lipinski definition) is 1. The van der Waals surface area contributed by atoms with E-state index in [-0.39, 0.29) is 11.9 Å². The number of benzene rings is 1. The van der Waals surface area contributed by atoms with Gasteiger partial charge in [-0.3, -0.25) is 0 Å². The molecule has 0 radical (unpaired) electrons. The van der Waals surface area contributed by atoms with Crippen molar-refractivity contribution in [2.24, 2.45) is 0 Å². The van der Waals surface area contributed by atoms with Crippen molar-refractivity contribution in [1.82, 2.24) is 5.32 Å². The molecule has 0 saturated carbocycles. The first-order valence-corrected chi connectivity index (χ1v) is 7.03. The Morgan fingerprint density at radius 1 is 1.22 bits per heavy atom. The average Bonchev–Trinajstić information content (AvgIpc) is 2.75. The third-order valence-electron chi connectivity index (χ3n) is 3.26. The summed E-state index contributed by atoms with van der Waals surface area (Å²) in [6.45, 7) is 6.79. The first kappa shape index (κ1) is 13.2. The van der Waals surface area contributed by atoms with Crippen LogP contribution < -0.4 is 5.32 Å². The summed E-state index contributed by atoms with van der Waals surface area (Å²) in [7, 11) is 0. The average molecular weight is 263 g/mol. The van der Waals surface area contributed by atoms with Gasteiger partial charge in [-0.2, -0.15) is 11.3 Å². The number of nitrogens with one attached hydrogen (secondary N) is 1. The molecule has 1 aromatic heterocycles. The van der Waals surface area contributed by atoms with E-state index in [4.69, 9.17) is 0 Å². The molecule has 0 aliphatic rings. The summed E-state index contributed by atoms with van der Waals surface area (Å²) < 4.78 is 13.5. The highest BCUT2D eigenvalue weighted by molar-refractivity contribution is 7.08. The van der Waals surface area contributed by atoms with E-state index in [1.54, 1.807) is 24.3 Å². The molecule has 2 rings (SSSR count). The summed E-state index contributed by atoms with van der Waals surface area (Å²) in [5, 5.41) is 7.73. The SMILES string of the molecule is Cc1ccc(C(C)NCc2cscc2C)cc1F. The van der Waals surface area contributed by atoms with Crippen molar-refractivity contribution in [3.05, 3.63) is 57.0 Å². The lowest BCUT2D eigenvalue weighted by Gasteiger charge is -2.15. The van der Waals surface area contributed by atoms with Gasteiger partial charge in [-0.15, -0.1) is 0 Å². The predicted molar refractivity (Wildman–Crippen MR) is 75.4 cm³/mol. The molecule has 0 spiro atoms. The summed E-state index contributed by atoms with van der Waals surface area (Å²) in [6.07, 6.45) is 0. The van der Waals surface area contributed by atoms with Crippen molar-refractivity contribution < 1.29 is 4.39 Å². The van der Waals surface area contributed by atoms with Crippen LogP contribution in [-0.2, 0) is 6.54 Å². The fourth-order valence-corrected chi connectivity index (χ4v) is 2.68. The molecule has 1 unspecified atom stereocenters. The lowest BCUT2D eigenvalue weighted by Crippen LogP contribution is -2.18. The van der Waals surface area contributed by atoms with E-state index in [1.807, 2.05) is 12.1 Å². The molecular weight excluding hydrogens is 245 g/mol. The molecule has 18 heavy (non-hydrogen) atoms. The molecule has 0 bridgehead atoms. The Labute approximate surface area is 112 Å². The third-order valence-corrected chi connectivity index (χ3v) is 4.17. The van der Waals surface area contributed by atoms with Crippen LogP contribution in [-0.4, -0.2) is 0 Å². The molecule has 3 heteroatoms. The number of hydrogen-bond acceptors (Lipinski definition) is 2. The van der Waals surface area contributed by atoms with Gasteiger partial charge in [0.2, 0.25) is 0 Å². The van der Waals surface area contributed by atoms with Crippen LogP contribution >= 0.6 is 11.3 Å². The Hall–Kier alpha value is -1.19. The Morgan fingerprint density at radius 2 is 2.00 bits per heavy atom. The van der Waals surface area contributed by atoms with Gasteiger partial charge in [0.1, 0.15) is 5.82 Å². The molecule has 1 N–H and O–H groups in total. The highest BCUT2D eigenvalue weighted by atomic mass is 32.1. The van der Waals surface area contributed by atoms with E-state index in [2.05, 4.69) is 29.9 Å². The quantitative estimate of drug-likeness (QED) is 0.864. The number of halogens is 1. The third kappa shape index (κ3) is 2.98. The maximum Gasteiger partial charge on any atom is 0.126 e. The zero-order valence-electron chi connectivity index (χ0n) is 11.0. The zero-order chi connectivity index (χ0) is 13.1. The molecule has 0 aliphatic heterocycles. The lowest BCUT2D eigenvalue weighted by molar-refractivity contribution is 0.563.